The summed E-state index contributed by atoms with van der Waals surface area (Å²) in [5, 5.41) is 5.14. The summed E-state index contributed by atoms with van der Waals surface area (Å²) < 4.78 is 18.2. The molecule has 0 aliphatic heterocycles. The van der Waals surface area contributed by atoms with Crippen LogP contribution in [0, 0.1) is 5.82 Å². The topological polar surface area (TPSA) is 67.4 Å². The highest BCUT2D eigenvalue weighted by atomic mass is 19.1. The van der Waals surface area contributed by atoms with Crippen molar-refractivity contribution < 1.29 is 18.7 Å². The second-order valence-corrected chi connectivity index (χ2v) is 5.33. The van der Waals surface area contributed by atoms with Crippen LogP contribution in [0.5, 0.6) is 5.75 Å². The molecular formula is C14H19FN2O3. The zero-order chi connectivity index (χ0) is 15.3. The fourth-order valence-corrected chi connectivity index (χ4v) is 1.53. The molecule has 6 heteroatoms. The second kappa shape index (κ2) is 6.36. The van der Waals surface area contributed by atoms with Crippen LogP contribution in [-0.2, 0) is 4.79 Å². The predicted octanol–water partition coefficient (Wildman–Crippen LogP) is 1.48. The minimum absolute atomic E-state index is 0.0621. The molecule has 2 amide bonds. The van der Waals surface area contributed by atoms with Crippen LogP contribution in [0.25, 0.3) is 0 Å². The molecule has 0 aliphatic carbocycles. The van der Waals surface area contributed by atoms with Crippen LogP contribution in [-0.4, -0.2) is 31.0 Å². The van der Waals surface area contributed by atoms with E-state index in [2.05, 4.69) is 10.6 Å². The first-order valence-electron chi connectivity index (χ1n) is 6.15. The first kappa shape index (κ1) is 15.9. The smallest absolute Gasteiger partial charge is 0.251 e. The monoisotopic (exact) mass is 282 g/mol. The van der Waals surface area contributed by atoms with Gasteiger partial charge in [-0.1, -0.05) is 0 Å². The zero-order valence-electron chi connectivity index (χ0n) is 12.0. The van der Waals surface area contributed by atoms with Gasteiger partial charge in [0.1, 0.15) is 0 Å². The first-order valence-corrected chi connectivity index (χ1v) is 6.15. The van der Waals surface area contributed by atoms with Crippen molar-refractivity contribution in [2.75, 3.05) is 13.7 Å². The number of carbonyl (C=O) groups excluding carboxylic acids is 2. The van der Waals surface area contributed by atoms with Crippen LogP contribution in [0.3, 0.4) is 0 Å². The summed E-state index contributed by atoms with van der Waals surface area (Å²) in [6.07, 6.45) is 0. The molecule has 5 nitrogen and oxygen atoms in total. The van der Waals surface area contributed by atoms with Crippen molar-refractivity contribution in [3.05, 3.63) is 29.6 Å². The Morgan fingerprint density at radius 1 is 1.30 bits per heavy atom. The van der Waals surface area contributed by atoms with Gasteiger partial charge >= 0.3 is 0 Å². The van der Waals surface area contributed by atoms with Crippen molar-refractivity contribution in [1.82, 2.24) is 10.6 Å². The van der Waals surface area contributed by atoms with Crippen LogP contribution < -0.4 is 15.4 Å². The summed E-state index contributed by atoms with van der Waals surface area (Å²) in [4.78, 5) is 23.3. The van der Waals surface area contributed by atoms with Gasteiger partial charge in [-0.25, -0.2) is 4.39 Å². The molecule has 2 N–H and O–H groups in total. The van der Waals surface area contributed by atoms with E-state index in [1.807, 2.05) is 20.8 Å². The molecule has 0 heterocycles. The van der Waals surface area contributed by atoms with E-state index < -0.39 is 11.7 Å². The van der Waals surface area contributed by atoms with Crippen LogP contribution in [0.1, 0.15) is 31.1 Å². The number of hydrogen-bond donors (Lipinski definition) is 2. The molecule has 0 aliphatic rings. The largest absolute Gasteiger partial charge is 0.494 e. The maximum absolute atomic E-state index is 13.4. The van der Waals surface area contributed by atoms with Gasteiger partial charge in [0, 0.05) is 11.1 Å². The lowest BCUT2D eigenvalue weighted by Gasteiger charge is -2.20. The number of rotatable bonds is 4. The third-order valence-electron chi connectivity index (χ3n) is 2.34. The number of nitrogens with one attached hydrogen (secondary N) is 2. The van der Waals surface area contributed by atoms with Crippen molar-refractivity contribution in [2.45, 2.75) is 26.3 Å². The summed E-state index contributed by atoms with van der Waals surface area (Å²) in [7, 11) is 1.34. The van der Waals surface area contributed by atoms with E-state index in [0.29, 0.717) is 0 Å². The number of amides is 2. The van der Waals surface area contributed by atoms with Crippen molar-refractivity contribution in [3.8, 4) is 5.75 Å². The number of hydrogen-bond acceptors (Lipinski definition) is 3. The van der Waals surface area contributed by atoms with Crippen LogP contribution >= 0.6 is 0 Å². The summed E-state index contributed by atoms with van der Waals surface area (Å²) in [6, 6.07) is 3.86. The van der Waals surface area contributed by atoms with Gasteiger partial charge in [-0.2, -0.15) is 0 Å². The van der Waals surface area contributed by atoms with Crippen molar-refractivity contribution in [1.29, 1.82) is 0 Å². The standard InChI is InChI=1S/C14H19FN2O3/c1-14(2,3)17-12(18)8-16-13(19)9-5-6-11(20-4)10(15)7-9/h5-7H,8H2,1-4H3,(H,16,19)(H,17,18). The predicted molar refractivity (Wildman–Crippen MR) is 73.2 cm³/mol. The Kier molecular flexibility index (Phi) is 5.07. The summed E-state index contributed by atoms with van der Waals surface area (Å²) in [5.74, 6) is -1.39. The number of ether oxygens (including phenoxy) is 1. The Balaban J connectivity index is 2.59. The van der Waals surface area contributed by atoms with Gasteiger partial charge in [0.25, 0.3) is 5.91 Å². The lowest BCUT2D eigenvalue weighted by Crippen LogP contribution is -2.45. The van der Waals surface area contributed by atoms with Crippen LogP contribution in [0.15, 0.2) is 18.2 Å². The Morgan fingerprint density at radius 3 is 2.45 bits per heavy atom. The molecule has 110 valence electrons. The number of methoxy groups -OCH3 is 1. The Morgan fingerprint density at radius 2 is 1.95 bits per heavy atom. The normalized spacial score (nSPS) is 10.8. The minimum Gasteiger partial charge on any atom is -0.494 e. The van der Waals surface area contributed by atoms with Gasteiger partial charge < -0.3 is 15.4 Å². The lowest BCUT2D eigenvalue weighted by atomic mass is 10.1. The van der Waals surface area contributed by atoms with Gasteiger partial charge in [-0.15, -0.1) is 0 Å². The maximum Gasteiger partial charge on any atom is 0.251 e. The molecular weight excluding hydrogens is 263 g/mol. The molecule has 0 aromatic heterocycles. The van der Waals surface area contributed by atoms with Gasteiger partial charge in [0.2, 0.25) is 5.91 Å². The molecule has 0 fully saturated rings. The molecule has 0 bridgehead atoms. The highest BCUT2D eigenvalue weighted by Gasteiger charge is 2.15. The van der Waals surface area contributed by atoms with E-state index in [1.165, 1.54) is 19.2 Å². The van der Waals surface area contributed by atoms with Crippen LogP contribution in [0.2, 0.25) is 0 Å². The molecule has 0 radical (unpaired) electrons. The summed E-state index contributed by atoms with van der Waals surface area (Å²) in [5.41, 5.74) is -0.236. The number of carbonyl (C=O) groups is 2. The van der Waals surface area contributed by atoms with Crippen molar-refractivity contribution >= 4 is 11.8 Å². The van der Waals surface area contributed by atoms with Gasteiger partial charge in [0.05, 0.1) is 13.7 Å². The second-order valence-electron chi connectivity index (χ2n) is 5.33. The molecule has 0 spiro atoms. The SMILES string of the molecule is COc1ccc(C(=O)NCC(=O)NC(C)(C)C)cc1F. The fraction of sp³-hybridized carbons (Fsp3) is 0.429. The van der Waals surface area contributed by atoms with E-state index in [0.717, 1.165) is 6.07 Å². The van der Waals surface area contributed by atoms with Crippen LogP contribution in [0.4, 0.5) is 4.39 Å². The number of benzene rings is 1. The molecule has 0 unspecified atom stereocenters. The Hall–Kier alpha value is -2.11. The van der Waals surface area contributed by atoms with Crippen molar-refractivity contribution in [3.63, 3.8) is 0 Å². The maximum atomic E-state index is 13.4. The highest BCUT2D eigenvalue weighted by Crippen LogP contribution is 2.17. The zero-order valence-corrected chi connectivity index (χ0v) is 12.0. The van der Waals surface area contributed by atoms with E-state index in [9.17, 15) is 14.0 Å². The fourth-order valence-electron chi connectivity index (χ4n) is 1.53. The molecule has 1 aromatic carbocycles. The average Bonchev–Trinajstić information content (AvgIpc) is 2.33. The molecule has 1 aromatic rings. The molecule has 0 saturated carbocycles. The van der Waals surface area contributed by atoms with Gasteiger partial charge in [-0.3, -0.25) is 9.59 Å². The minimum atomic E-state index is -0.626. The average molecular weight is 282 g/mol. The number of halogens is 1. The van der Waals surface area contributed by atoms with E-state index in [1.54, 1.807) is 0 Å². The molecule has 1 rings (SSSR count). The summed E-state index contributed by atoms with van der Waals surface area (Å²) in [6.45, 7) is 5.35. The third-order valence-corrected chi connectivity index (χ3v) is 2.34. The third kappa shape index (κ3) is 4.87. The molecule has 20 heavy (non-hydrogen) atoms. The quantitative estimate of drug-likeness (QED) is 0.879. The Bertz CT molecular complexity index is 510. The van der Waals surface area contributed by atoms with E-state index >= 15 is 0 Å². The lowest BCUT2D eigenvalue weighted by molar-refractivity contribution is -0.121. The molecule has 0 saturated heterocycles. The van der Waals surface area contributed by atoms with Crippen molar-refractivity contribution in [2.24, 2.45) is 0 Å². The molecule has 0 atom stereocenters. The summed E-state index contributed by atoms with van der Waals surface area (Å²) >= 11 is 0. The first-order chi connectivity index (χ1) is 9.23. The highest BCUT2D eigenvalue weighted by molar-refractivity contribution is 5.96. The van der Waals surface area contributed by atoms with E-state index in [4.69, 9.17) is 4.74 Å². The van der Waals surface area contributed by atoms with E-state index in [-0.39, 0.29) is 29.3 Å². The van der Waals surface area contributed by atoms with Gasteiger partial charge in [-0.05, 0) is 39.0 Å². The Labute approximate surface area is 117 Å². The van der Waals surface area contributed by atoms with Gasteiger partial charge in [0.15, 0.2) is 11.6 Å².